The molecule has 1 saturated carbocycles. The second-order valence-electron chi connectivity index (χ2n) is 6.78. The minimum Gasteiger partial charge on any atom is -0.346 e. The van der Waals surface area contributed by atoms with Crippen LogP contribution < -0.4 is 5.32 Å². The van der Waals surface area contributed by atoms with Crippen molar-refractivity contribution in [3.8, 4) is 17.6 Å². The van der Waals surface area contributed by atoms with Crippen LogP contribution >= 0.6 is 0 Å². The fourth-order valence-electron chi connectivity index (χ4n) is 3.49. The van der Waals surface area contributed by atoms with Crippen LogP contribution in [0.1, 0.15) is 32.1 Å². The van der Waals surface area contributed by atoms with E-state index in [1.807, 2.05) is 0 Å². The third-order valence-electron chi connectivity index (χ3n) is 4.94. The van der Waals surface area contributed by atoms with Gasteiger partial charge in [0.25, 0.3) is 0 Å². The van der Waals surface area contributed by atoms with Crippen LogP contribution in [0.4, 0.5) is 15.9 Å². The van der Waals surface area contributed by atoms with Crippen molar-refractivity contribution >= 4 is 17.2 Å². The van der Waals surface area contributed by atoms with Crippen LogP contribution in [0.15, 0.2) is 30.7 Å². The van der Waals surface area contributed by atoms with Crippen LogP contribution in [-0.2, 0) is 0 Å². The average Bonchev–Trinajstić information content (AvgIpc) is 3.11. The van der Waals surface area contributed by atoms with E-state index < -0.39 is 16.3 Å². The lowest BCUT2D eigenvalue weighted by molar-refractivity contribution is -0.384. The number of anilines is 1. The van der Waals surface area contributed by atoms with Gasteiger partial charge in [0.1, 0.15) is 28.9 Å². The Morgan fingerprint density at radius 2 is 2.04 bits per heavy atom. The summed E-state index contributed by atoms with van der Waals surface area (Å²) in [7, 11) is 0. The molecular weight excluding hydrogens is 365 g/mol. The monoisotopic (exact) mass is 381 g/mol. The molecule has 1 N–H and O–H groups in total. The first-order valence-corrected chi connectivity index (χ1v) is 8.85. The SMILES string of the molecule is N#CC1(Nc2nc(-c3cnc4ccc(F)cn34)ncc2[N+](=O)[O-])CCCCC1. The Bertz CT molecular complexity index is 1100. The highest BCUT2D eigenvalue weighted by atomic mass is 19.1. The molecule has 0 spiro atoms. The van der Waals surface area contributed by atoms with Crippen LogP contribution in [0.5, 0.6) is 0 Å². The summed E-state index contributed by atoms with van der Waals surface area (Å²) < 4.78 is 15.1. The Labute approximate surface area is 159 Å². The standard InChI is InChI=1S/C18H16FN7O2/c19-12-4-5-15-21-8-13(25(15)10-12)16-22-9-14(26(27)28)17(23-16)24-18(11-20)6-2-1-3-7-18/h4-5,8-10H,1-3,6-7H2,(H,22,23,24). The van der Waals surface area contributed by atoms with Crippen LogP contribution in [0.2, 0.25) is 0 Å². The number of nitrogens with one attached hydrogen (secondary N) is 1. The minimum atomic E-state index is -0.903. The first kappa shape index (κ1) is 17.8. The maximum atomic E-state index is 13.6. The minimum absolute atomic E-state index is 0.0233. The molecule has 3 heterocycles. The number of nitro groups is 1. The molecule has 0 unspecified atom stereocenters. The zero-order valence-corrected chi connectivity index (χ0v) is 14.8. The third kappa shape index (κ3) is 3.11. The molecule has 10 heteroatoms. The number of nitrogens with zero attached hydrogens (tertiary/aromatic N) is 6. The molecule has 0 amide bonds. The van der Waals surface area contributed by atoms with Crippen molar-refractivity contribution < 1.29 is 9.31 Å². The van der Waals surface area contributed by atoms with Gasteiger partial charge in [0.05, 0.1) is 17.2 Å². The van der Waals surface area contributed by atoms with E-state index >= 15 is 0 Å². The molecule has 9 nitrogen and oxygen atoms in total. The number of nitriles is 1. The average molecular weight is 381 g/mol. The molecule has 3 aromatic heterocycles. The lowest BCUT2D eigenvalue weighted by atomic mass is 9.83. The summed E-state index contributed by atoms with van der Waals surface area (Å²) >= 11 is 0. The quantitative estimate of drug-likeness (QED) is 0.542. The van der Waals surface area contributed by atoms with Gasteiger partial charge in [-0.3, -0.25) is 14.5 Å². The predicted octanol–water partition coefficient (Wildman–Crippen LogP) is 3.48. The third-order valence-corrected chi connectivity index (χ3v) is 4.94. The smallest absolute Gasteiger partial charge is 0.329 e. The molecule has 1 aliphatic carbocycles. The number of hydrogen-bond acceptors (Lipinski definition) is 7. The molecule has 28 heavy (non-hydrogen) atoms. The number of pyridine rings is 1. The van der Waals surface area contributed by atoms with Crippen molar-refractivity contribution in [3.05, 3.63) is 46.7 Å². The Hall–Kier alpha value is -3.61. The van der Waals surface area contributed by atoms with Crippen LogP contribution in [0.3, 0.4) is 0 Å². The van der Waals surface area contributed by atoms with E-state index in [1.165, 1.54) is 28.9 Å². The van der Waals surface area contributed by atoms with E-state index in [-0.39, 0.29) is 17.3 Å². The summed E-state index contributed by atoms with van der Waals surface area (Å²) in [5.74, 6) is -0.336. The maximum absolute atomic E-state index is 13.6. The number of halogens is 1. The van der Waals surface area contributed by atoms with Crippen LogP contribution in [0.25, 0.3) is 17.2 Å². The predicted molar refractivity (Wildman–Crippen MR) is 97.9 cm³/mol. The number of imidazole rings is 1. The van der Waals surface area contributed by atoms with E-state index in [9.17, 15) is 19.8 Å². The fourth-order valence-corrected chi connectivity index (χ4v) is 3.49. The van der Waals surface area contributed by atoms with Gasteiger partial charge in [0, 0.05) is 6.20 Å². The van der Waals surface area contributed by atoms with E-state index in [0.717, 1.165) is 25.5 Å². The summed E-state index contributed by atoms with van der Waals surface area (Å²) in [4.78, 5) is 23.4. The highest BCUT2D eigenvalue weighted by molar-refractivity contribution is 5.64. The zero-order valence-electron chi connectivity index (χ0n) is 14.8. The van der Waals surface area contributed by atoms with Gasteiger partial charge >= 0.3 is 5.69 Å². The van der Waals surface area contributed by atoms with Gasteiger partial charge in [0.2, 0.25) is 5.82 Å². The number of fused-ring (bicyclic) bond motifs is 1. The maximum Gasteiger partial charge on any atom is 0.329 e. The van der Waals surface area contributed by atoms with Crippen molar-refractivity contribution in [1.29, 1.82) is 5.26 Å². The van der Waals surface area contributed by atoms with Crippen molar-refractivity contribution in [2.45, 2.75) is 37.6 Å². The molecule has 0 saturated heterocycles. The summed E-state index contributed by atoms with van der Waals surface area (Å²) in [6, 6.07) is 5.06. The van der Waals surface area contributed by atoms with E-state index in [1.54, 1.807) is 0 Å². The molecular formula is C18H16FN7O2. The van der Waals surface area contributed by atoms with E-state index in [4.69, 9.17) is 0 Å². The highest BCUT2D eigenvalue weighted by Crippen LogP contribution is 2.34. The molecule has 3 aromatic rings. The van der Waals surface area contributed by atoms with Crippen LogP contribution in [0, 0.1) is 27.3 Å². The van der Waals surface area contributed by atoms with E-state index in [0.29, 0.717) is 24.2 Å². The van der Waals surface area contributed by atoms with Gasteiger partial charge in [-0.1, -0.05) is 19.3 Å². The summed E-state index contributed by atoms with van der Waals surface area (Å²) in [5, 5.41) is 24.1. The van der Waals surface area contributed by atoms with Crippen LogP contribution in [-0.4, -0.2) is 29.8 Å². The highest BCUT2D eigenvalue weighted by Gasteiger charge is 2.35. The molecule has 142 valence electrons. The second-order valence-corrected chi connectivity index (χ2v) is 6.78. The van der Waals surface area contributed by atoms with Gasteiger partial charge in [-0.25, -0.2) is 19.3 Å². The summed E-state index contributed by atoms with van der Waals surface area (Å²) in [5.41, 5.74) is -0.333. The van der Waals surface area contributed by atoms with Gasteiger partial charge < -0.3 is 5.32 Å². The normalized spacial score (nSPS) is 15.9. The van der Waals surface area contributed by atoms with Crippen molar-refractivity contribution in [3.63, 3.8) is 0 Å². The van der Waals surface area contributed by atoms with Gasteiger partial charge in [-0.15, -0.1) is 0 Å². The van der Waals surface area contributed by atoms with Crippen molar-refractivity contribution in [2.24, 2.45) is 0 Å². The van der Waals surface area contributed by atoms with Gasteiger partial charge in [0.15, 0.2) is 5.82 Å². The fraction of sp³-hybridized carbons (Fsp3) is 0.333. The first-order chi connectivity index (χ1) is 13.5. The first-order valence-electron chi connectivity index (χ1n) is 8.85. The Kier molecular flexibility index (Phi) is 4.35. The second kappa shape index (κ2) is 6.84. The Morgan fingerprint density at radius 3 is 2.75 bits per heavy atom. The number of hydrogen-bond donors (Lipinski definition) is 1. The molecule has 0 radical (unpaired) electrons. The Balaban J connectivity index is 1.80. The zero-order chi connectivity index (χ0) is 19.7. The summed E-state index contributed by atoms with van der Waals surface area (Å²) in [6.45, 7) is 0. The Morgan fingerprint density at radius 1 is 1.25 bits per heavy atom. The summed E-state index contributed by atoms with van der Waals surface area (Å²) in [6.07, 6.45) is 7.72. The molecule has 1 aliphatic rings. The molecule has 0 aromatic carbocycles. The molecule has 0 bridgehead atoms. The van der Waals surface area contributed by atoms with Crippen molar-refractivity contribution in [1.82, 2.24) is 19.4 Å². The molecule has 0 atom stereocenters. The number of aromatic nitrogens is 4. The lowest BCUT2D eigenvalue weighted by Gasteiger charge is -2.31. The van der Waals surface area contributed by atoms with Gasteiger partial charge in [-0.2, -0.15) is 5.26 Å². The largest absolute Gasteiger partial charge is 0.346 e. The topological polar surface area (TPSA) is 122 Å². The van der Waals surface area contributed by atoms with Gasteiger partial charge in [-0.05, 0) is 25.0 Å². The van der Waals surface area contributed by atoms with E-state index in [2.05, 4.69) is 26.3 Å². The van der Waals surface area contributed by atoms with Crippen molar-refractivity contribution in [2.75, 3.05) is 5.32 Å². The molecule has 1 fully saturated rings. The molecule has 0 aliphatic heterocycles. The number of rotatable bonds is 4. The molecule has 4 rings (SSSR count). The lowest BCUT2D eigenvalue weighted by Crippen LogP contribution is -2.39.